The van der Waals surface area contributed by atoms with E-state index in [2.05, 4.69) is 5.32 Å². The average Bonchev–Trinajstić information content (AvgIpc) is 2.49. The maximum atomic E-state index is 12.1. The van der Waals surface area contributed by atoms with Crippen molar-refractivity contribution >= 4 is 35.2 Å². The van der Waals surface area contributed by atoms with Crippen LogP contribution in [0.15, 0.2) is 54.1 Å². The number of carboxylic acids is 1. The van der Waals surface area contributed by atoms with Crippen molar-refractivity contribution < 1.29 is 14.7 Å². The van der Waals surface area contributed by atoms with Crippen LogP contribution in [0, 0.1) is 0 Å². The quantitative estimate of drug-likeness (QED) is 0.835. The lowest BCUT2D eigenvalue weighted by atomic mass is 10.1. The number of aromatic carboxylic acids is 1. The van der Waals surface area contributed by atoms with Crippen molar-refractivity contribution in [1.29, 1.82) is 0 Å². The zero-order valence-corrected chi connectivity index (χ0v) is 12.6. The summed E-state index contributed by atoms with van der Waals surface area (Å²) in [6, 6.07) is 13.3. The second-order valence-corrected chi connectivity index (χ2v) is 5.10. The highest BCUT2D eigenvalue weighted by Gasteiger charge is 2.08. The molecule has 0 spiro atoms. The van der Waals surface area contributed by atoms with Crippen molar-refractivity contribution in [2.24, 2.45) is 0 Å². The highest BCUT2D eigenvalue weighted by molar-refractivity contribution is 6.32. The van der Waals surface area contributed by atoms with Crippen LogP contribution in [0.2, 0.25) is 5.02 Å². The first kappa shape index (κ1) is 15.8. The van der Waals surface area contributed by atoms with Gasteiger partial charge in [-0.05, 0) is 42.8 Å². The van der Waals surface area contributed by atoms with Crippen LogP contribution >= 0.6 is 11.6 Å². The highest BCUT2D eigenvalue weighted by Crippen LogP contribution is 2.19. The van der Waals surface area contributed by atoms with Crippen LogP contribution in [0.5, 0.6) is 0 Å². The molecule has 4 nitrogen and oxygen atoms in total. The number of amides is 1. The van der Waals surface area contributed by atoms with Gasteiger partial charge in [-0.25, -0.2) is 4.79 Å². The Labute approximate surface area is 133 Å². The maximum Gasteiger partial charge on any atom is 0.335 e. The van der Waals surface area contributed by atoms with E-state index in [1.165, 1.54) is 12.1 Å². The summed E-state index contributed by atoms with van der Waals surface area (Å²) >= 11 is 6.05. The van der Waals surface area contributed by atoms with Crippen molar-refractivity contribution in [2.45, 2.75) is 6.92 Å². The Kier molecular flexibility index (Phi) is 4.96. The Balaban J connectivity index is 2.17. The van der Waals surface area contributed by atoms with E-state index in [1.807, 2.05) is 18.2 Å². The summed E-state index contributed by atoms with van der Waals surface area (Å²) in [6.07, 6.45) is 1.68. The number of halogens is 1. The fourth-order valence-electron chi connectivity index (χ4n) is 1.85. The summed E-state index contributed by atoms with van der Waals surface area (Å²) in [5, 5.41) is 12.2. The molecule has 0 aliphatic rings. The first-order valence-corrected chi connectivity index (χ1v) is 6.92. The molecule has 0 radical (unpaired) electrons. The van der Waals surface area contributed by atoms with Crippen LogP contribution in [-0.2, 0) is 4.79 Å². The largest absolute Gasteiger partial charge is 0.478 e. The third-order valence-corrected chi connectivity index (χ3v) is 3.35. The number of hydrogen-bond acceptors (Lipinski definition) is 2. The Morgan fingerprint density at radius 2 is 1.86 bits per heavy atom. The number of anilines is 1. The molecule has 1 amide bonds. The summed E-state index contributed by atoms with van der Waals surface area (Å²) in [5.74, 6) is -1.36. The molecule has 2 rings (SSSR count). The van der Waals surface area contributed by atoms with Gasteiger partial charge in [0, 0.05) is 16.3 Å². The molecule has 0 aliphatic heterocycles. The number of rotatable bonds is 4. The van der Waals surface area contributed by atoms with E-state index in [1.54, 1.807) is 31.2 Å². The van der Waals surface area contributed by atoms with Gasteiger partial charge in [0.25, 0.3) is 5.91 Å². The predicted molar refractivity (Wildman–Crippen MR) is 87.1 cm³/mol. The number of carboxylic acid groups (broad SMARTS) is 1. The maximum absolute atomic E-state index is 12.1. The molecule has 2 N–H and O–H groups in total. The molecule has 0 bridgehead atoms. The molecular weight excluding hydrogens is 302 g/mol. The van der Waals surface area contributed by atoms with Crippen molar-refractivity contribution in [3.63, 3.8) is 0 Å². The van der Waals surface area contributed by atoms with Crippen LogP contribution < -0.4 is 5.32 Å². The van der Waals surface area contributed by atoms with Crippen LogP contribution in [0.1, 0.15) is 22.8 Å². The van der Waals surface area contributed by atoms with Gasteiger partial charge in [0.15, 0.2) is 0 Å². The summed E-state index contributed by atoms with van der Waals surface area (Å²) in [6.45, 7) is 1.67. The summed E-state index contributed by atoms with van der Waals surface area (Å²) in [7, 11) is 0. The number of carbonyl (C=O) groups is 2. The van der Waals surface area contributed by atoms with Crippen LogP contribution in [0.4, 0.5) is 5.69 Å². The fourth-order valence-corrected chi connectivity index (χ4v) is 2.04. The molecule has 5 heteroatoms. The minimum absolute atomic E-state index is 0.116. The molecule has 0 unspecified atom stereocenters. The van der Waals surface area contributed by atoms with E-state index in [9.17, 15) is 9.59 Å². The standard InChI is InChI=1S/C17H14ClNO3/c1-11(9-12-5-2-3-8-15(12)18)16(20)19-14-7-4-6-13(10-14)17(21)22/h2-10H,1H3,(H,19,20)(H,21,22). The van der Waals surface area contributed by atoms with Crippen molar-refractivity contribution in [3.05, 3.63) is 70.3 Å². The minimum atomic E-state index is -1.04. The fraction of sp³-hybridized carbons (Fsp3) is 0.0588. The molecule has 0 heterocycles. The Morgan fingerprint density at radius 3 is 2.55 bits per heavy atom. The van der Waals surface area contributed by atoms with E-state index in [0.29, 0.717) is 16.3 Å². The van der Waals surface area contributed by atoms with Gasteiger partial charge < -0.3 is 10.4 Å². The first-order valence-electron chi connectivity index (χ1n) is 6.55. The Bertz CT molecular complexity index is 753. The van der Waals surface area contributed by atoms with Gasteiger partial charge in [0.2, 0.25) is 0 Å². The number of hydrogen-bond donors (Lipinski definition) is 2. The second-order valence-electron chi connectivity index (χ2n) is 4.69. The van der Waals surface area contributed by atoms with Crippen molar-refractivity contribution in [1.82, 2.24) is 0 Å². The van der Waals surface area contributed by atoms with Gasteiger partial charge in [-0.2, -0.15) is 0 Å². The molecule has 2 aromatic carbocycles. The van der Waals surface area contributed by atoms with Gasteiger partial charge in [0.05, 0.1) is 5.56 Å². The Hall–Kier alpha value is -2.59. The topological polar surface area (TPSA) is 66.4 Å². The third kappa shape index (κ3) is 3.96. The predicted octanol–water partition coefficient (Wildman–Crippen LogP) is 4.08. The summed E-state index contributed by atoms with van der Waals surface area (Å²) in [5.41, 5.74) is 1.76. The molecule has 0 saturated heterocycles. The SMILES string of the molecule is CC(=Cc1ccccc1Cl)C(=O)Nc1cccc(C(=O)O)c1. The molecule has 2 aromatic rings. The second kappa shape index (κ2) is 6.91. The smallest absolute Gasteiger partial charge is 0.335 e. The third-order valence-electron chi connectivity index (χ3n) is 3.00. The molecule has 0 atom stereocenters. The van der Waals surface area contributed by atoms with Gasteiger partial charge in [-0.3, -0.25) is 4.79 Å². The van der Waals surface area contributed by atoms with Crippen LogP contribution in [0.25, 0.3) is 6.08 Å². The van der Waals surface area contributed by atoms with E-state index in [4.69, 9.17) is 16.7 Å². The lowest BCUT2D eigenvalue weighted by Crippen LogP contribution is -2.13. The lowest BCUT2D eigenvalue weighted by molar-refractivity contribution is -0.112. The zero-order chi connectivity index (χ0) is 16.1. The lowest BCUT2D eigenvalue weighted by Gasteiger charge is -2.07. The van der Waals surface area contributed by atoms with E-state index >= 15 is 0 Å². The van der Waals surface area contributed by atoms with Crippen LogP contribution in [0.3, 0.4) is 0 Å². The van der Waals surface area contributed by atoms with Gasteiger partial charge in [-0.1, -0.05) is 35.9 Å². The molecule has 0 aliphatic carbocycles. The highest BCUT2D eigenvalue weighted by atomic mass is 35.5. The first-order chi connectivity index (χ1) is 10.5. The van der Waals surface area contributed by atoms with Gasteiger partial charge >= 0.3 is 5.97 Å². The van der Waals surface area contributed by atoms with Crippen LogP contribution in [-0.4, -0.2) is 17.0 Å². The van der Waals surface area contributed by atoms with Crippen molar-refractivity contribution in [2.75, 3.05) is 5.32 Å². The molecule has 0 aromatic heterocycles. The number of benzene rings is 2. The Morgan fingerprint density at radius 1 is 1.14 bits per heavy atom. The van der Waals surface area contributed by atoms with Gasteiger partial charge in [-0.15, -0.1) is 0 Å². The average molecular weight is 316 g/mol. The zero-order valence-electron chi connectivity index (χ0n) is 11.8. The monoisotopic (exact) mass is 315 g/mol. The number of carbonyl (C=O) groups excluding carboxylic acids is 1. The minimum Gasteiger partial charge on any atom is -0.478 e. The van der Waals surface area contributed by atoms with E-state index < -0.39 is 5.97 Å². The number of nitrogens with one attached hydrogen (secondary N) is 1. The van der Waals surface area contributed by atoms with E-state index in [-0.39, 0.29) is 11.5 Å². The molecule has 0 fully saturated rings. The molecule has 22 heavy (non-hydrogen) atoms. The van der Waals surface area contributed by atoms with Gasteiger partial charge in [0.1, 0.15) is 0 Å². The normalized spacial score (nSPS) is 11.1. The summed E-state index contributed by atoms with van der Waals surface area (Å²) in [4.78, 5) is 23.1. The molecule has 0 saturated carbocycles. The van der Waals surface area contributed by atoms with Crippen molar-refractivity contribution in [3.8, 4) is 0 Å². The summed E-state index contributed by atoms with van der Waals surface area (Å²) < 4.78 is 0. The molecular formula is C17H14ClNO3. The molecule has 112 valence electrons. The van der Waals surface area contributed by atoms with E-state index in [0.717, 1.165) is 5.56 Å².